The lowest BCUT2D eigenvalue weighted by Gasteiger charge is -2.12. The number of methoxy groups -OCH3 is 1. The summed E-state index contributed by atoms with van der Waals surface area (Å²) in [7, 11) is 1.56. The van der Waals surface area contributed by atoms with Crippen molar-refractivity contribution in [3.63, 3.8) is 0 Å². The number of nitrogens with zero attached hydrogens (tertiary/aromatic N) is 1. The van der Waals surface area contributed by atoms with E-state index in [-0.39, 0.29) is 6.03 Å². The van der Waals surface area contributed by atoms with Crippen molar-refractivity contribution in [1.29, 1.82) is 0 Å². The predicted molar refractivity (Wildman–Crippen MR) is 112 cm³/mol. The molecule has 0 atom stereocenters. The first-order valence-electron chi connectivity index (χ1n) is 8.59. The van der Waals surface area contributed by atoms with Gasteiger partial charge in [0.15, 0.2) is 0 Å². The number of aromatic amines is 1. The summed E-state index contributed by atoms with van der Waals surface area (Å²) in [5.74, 6) is 0.578. The number of ether oxygens (including phenoxy) is 1. The summed E-state index contributed by atoms with van der Waals surface area (Å²) >= 11 is 6.35. The summed E-state index contributed by atoms with van der Waals surface area (Å²) in [6.45, 7) is 0. The third kappa shape index (κ3) is 3.37. The van der Waals surface area contributed by atoms with Crippen LogP contribution in [0.1, 0.15) is 0 Å². The second kappa shape index (κ2) is 7.62. The standard InChI is InChI=1S/C21H17ClN4O2/c1-28-17-8-3-2-7-16(17)24-21(27)26-20-14-5-4-6-15(22)19(14)25-18(20)13-9-11-23-12-10-13/h2-12,25H,1H3,(H2,24,26,27). The second-order valence-corrected chi connectivity index (χ2v) is 6.46. The Balaban J connectivity index is 1.73. The minimum atomic E-state index is -0.388. The zero-order chi connectivity index (χ0) is 19.5. The monoisotopic (exact) mass is 392 g/mol. The summed E-state index contributed by atoms with van der Waals surface area (Å²) in [5.41, 5.74) is 3.60. The van der Waals surface area contributed by atoms with Crippen molar-refractivity contribution in [3.8, 4) is 17.0 Å². The quantitative estimate of drug-likeness (QED) is 0.427. The zero-order valence-electron chi connectivity index (χ0n) is 15.0. The average molecular weight is 393 g/mol. The number of para-hydroxylation sites is 3. The molecule has 28 heavy (non-hydrogen) atoms. The Morgan fingerprint density at radius 3 is 2.61 bits per heavy atom. The number of benzene rings is 2. The largest absolute Gasteiger partial charge is 0.495 e. The topological polar surface area (TPSA) is 79.0 Å². The molecule has 4 rings (SSSR count). The number of rotatable bonds is 4. The van der Waals surface area contributed by atoms with E-state index < -0.39 is 0 Å². The second-order valence-electron chi connectivity index (χ2n) is 6.05. The van der Waals surface area contributed by atoms with Gasteiger partial charge >= 0.3 is 6.03 Å². The van der Waals surface area contributed by atoms with Gasteiger partial charge in [-0.05, 0) is 30.3 Å². The van der Waals surface area contributed by atoms with E-state index in [1.54, 1.807) is 37.7 Å². The first-order valence-corrected chi connectivity index (χ1v) is 8.97. The smallest absolute Gasteiger partial charge is 0.323 e. The molecule has 0 aliphatic rings. The molecule has 0 saturated heterocycles. The van der Waals surface area contributed by atoms with E-state index in [0.717, 1.165) is 22.2 Å². The van der Waals surface area contributed by atoms with Crippen molar-refractivity contribution < 1.29 is 9.53 Å². The van der Waals surface area contributed by atoms with Gasteiger partial charge < -0.3 is 20.4 Å². The molecule has 0 radical (unpaired) electrons. The van der Waals surface area contributed by atoms with Gasteiger partial charge in [-0.2, -0.15) is 0 Å². The van der Waals surface area contributed by atoms with Crippen LogP contribution in [-0.4, -0.2) is 23.1 Å². The van der Waals surface area contributed by atoms with Crippen LogP contribution in [0.5, 0.6) is 5.75 Å². The molecule has 0 bridgehead atoms. The van der Waals surface area contributed by atoms with Gasteiger partial charge in [-0.3, -0.25) is 4.98 Å². The minimum absolute atomic E-state index is 0.388. The van der Waals surface area contributed by atoms with Crippen molar-refractivity contribution in [2.75, 3.05) is 17.7 Å². The minimum Gasteiger partial charge on any atom is -0.495 e. The van der Waals surface area contributed by atoms with Gasteiger partial charge in [-0.25, -0.2) is 4.79 Å². The highest BCUT2D eigenvalue weighted by molar-refractivity contribution is 6.36. The van der Waals surface area contributed by atoms with Gasteiger partial charge in [0.2, 0.25) is 0 Å². The maximum Gasteiger partial charge on any atom is 0.323 e. The molecule has 2 aromatic carbocycles. The number of H-pyrrole nitrogens is 1. The summed E-state index contributed by atoms with van der Waals surface area (Å²) in [4.78, 5) is 20.1. The predicted octanol–water partition coefficient (Wildman–Crippen LogP) is 5.54. The molecule has 2 heterocycles. The number of pyridine rings is 1. The molecule has 140 valence electrons. The van der Waals surface area contributed by atoms with E-state index in [1.807, 2.05) is 36.4 Å². The Hall–Kier alpha value is -3.51. The van der Waals surface area contributed by atoms with Crippen LogP contribution >= 0.6 is 11.6 Å². The third-order valence-corrected chi connectivity index (χ3v) is 4.66. The lowest BCUT2D eigenvalue weighted by Crippen LogP contribution is -2.20. The molecular formula is C21H17ClN4O2. The fourth-order valence-corrected chi connectivity index (χ4v) is 3.28. The van der Waals surface area contributed by atoms with Crippen molar-refractivity contribution >= 4 is 39.9 Å². The van der Waals surface area contributed by atoms with Crippen LogP contribution in [0.15, 0.2) is 67.0 Å². The number of nitrogens with one attached hydrogen (secondary N) is 3. The number of carbonyl (C=O) groups excluding carboxylic acids is 1. The molecular weight excluding hydrogens is 376 g/mol. The fourth-order valence-electron chi connectivity index (χ4n) is 3.06. The van der Waals surface area contributed by atoms with Gasteiger partial charge in [0.1, 0.15) is 5.75 Å². The van der Waals surface area contributed by atoms with Crippen LogP contribution in [0, 0.1) is 0 Å². The summed E-state index contributed by atoms with van der Waals surface area (Å²) in [5, 5.41) is 7.16. The number of halogens is 1. The average Bonchev–Trinajstić information content (AvgIpc) is 3.09. The van der Waals surface area contributed by atoms with Gasteiger partial charge in [0, 0.05) is 23.3 Å². The van der Waals surface area contributed by atoms with Gasteiger partial charge in [-0.15, -0.1) is 0 Å². The van der Waals surface area contributed by atoms with Crippen LogP contribution in [0.25, 0.3) is 22.2 Å². The first kappa shape index (κ1) is 17.9. The van der Waals surface area contributed by atoms with Gasteiger partial charge in [0.05, 0.1) is 34.7 Å². The number of fused-ring (bicyclic) bond motifs is 1. The number of anilines is 2. The Bertz CT molecular complexity index is 1140. The highest BCUT2D eigenvalue weighted by Gasteiger charge is 2.17. The number of aromatic nitrogens is 2. The molecule has 0 aliphatic carbocycles. The highest BCUT2D eigenvalue weighted by atomic mass is 35.5. The Morgan fingerprint density at radius 1 is 1.04 bits per heavy atom. The van der Waals surface area contributed by atoms with Crippen molar-refractivity contribution in [1.82, 2.24) is 9.97 Å². The van der Waals surface area contributed by atoms with E-state index in [2.05, 4.69) is 20.6 Å². The molecule has 0 aliphatic heterocycles. The summed E-state index contributed by atoms with van der Waals surface area (Å²) < 4.78 is 5.29. The van der Waals surface area contributed by atoms with Gasteiger partial charge in [-0.1, -0.05) is 35.9 Å². The normalized spacial score (nSPS) is 10.6. The molecule has 0 unspecified atom stereocenters. The molecule has 3 N–H and O–H groups in total. The highest BCUT2D eigenvalue weighted by Crippen LogP contribution is 2.37. The number of hydrogen-bond acceptors (Lipinski definition) is 3. The molecule has 0 spiro atoms. The van der Waals surface area contributed by atoms with Crippen LogP contribution < -0.4 is 15.4 Å². The Labute approximate surface area is 166 Å². The van der Waals surface area contributed by atoms with E-state index in [1.165, 1.54) is 0 Å². The molecule has 2 amide bonds. The van der Waals surface area contributed by atoms with Crippen LogP contribution in [-0.2, 0) is 0 Å². The first-order chi connectivity index (χ1) is 13.7. The van der Waals surface area contributed by atoms with Crippen LogP contribution in [0.3, 0.4) is 0 Å². The van der Waals surface area contributed by atoms with Gasteiger partial charge in [0.25, 0.3) is 0 Å². The lowest BCUT2D eigenvalue weighted by molar-refractivity contribution is 0.262. The van der Waals surface area contributed by atoms with Crippen molar-refractivity contribution in [3.05, 3.63) is 72.0 Å². The molecule has 0 fully saturated rings. The SMILES string of the molecule is COc1ccccc1NC(=O)Nc1c(-c2ccncc2)[nH]c2c(Cl)cccc12. The summed E-state index contributed by atoms with van der Waals surface area (Å²) in [6, 6.07) is 16.1. The Kier molecular flexibility index (Phi) is 4.87. The fraction of sp³-hybridized carbons (Fsp3) is 0.0476. The Morgan fingerprint density at radius 2 is 1.82 bits per heavy atom. The summed E-state index contributed by atoms with van der Waals surface area (Å²) in [6.07, 6.45) is 3.39. The van der Waals surface area contributed by atoms with Crippen LogP contribution in [0.2, 0.25) is 5.02 Å². The van der Waals surface area contributed by atoms with Crippen molar-refractivity contribution in [2.45, 2.75) is 0 Å². The van der Waals surface area contributed by atoms with Crippen LogP contribution in [0.4, 0.5) is 16.2 Å². The number of urea groups is 1. The van der Waals surface area contributed by atoms with E-state index >= 15 is 0 Å². The van der Waals surface area contributed by atoms with E-state index in [9.17, 15) is 4.79 Å². The molecule has 4 aromatic rings. The van der Waals surface area contributed by atoms with Crippen molar-refractivity contribution in [2.24, 2.45) is 0 Å². The zero-order valence-corrected chi connectivity index (χ0v) is 15.7. The number of carbonyl (C=O) groups is 1. The third-order valence-electron chi connectivity index (χ3n) is 4.35. The molecule has 2 aromatic heterocycles. The van der Waals surface area contributed by atoms with E-state index in [4.69, 9.17) is 16.3 Å². The molecule has 0 saturated carbocycles. The lowest BCUT2D eigenvalue weighted by atomic mass is 10.1. The van der Waals surface area contributed by atoms with E-state index in [0.29, 0.717) is 22.1 Å². The number of hydrogen-bond donors (Lipinski definition) is 3. The number of amides is 2. The molecule has 6 nitrogen and oxygen atoms in total. The maximum atomic E-state index is 12.7. The molecule has 7 heteroatoms. The maximum absolute atomic E-state index is 12.7.